The minimum absolute atomic E-state index is 0.0294. The van der Waals surface area contributed by atoms with E-state index < -0.39 is 5.54 Å². The molecule has 2 rings (SSSR count). The number of hydroxylamine groups is 2. The molecule has 0 aromatic heterocycles. The SMILES string of the molecule is C/C=C1/CC2CCC1(N(O)O)C2(C)C. The maximum atomic E-state index is 9.51. The molecule has 0 radical (unpaired) electrons. The van der Waals surface area contributed by atoms with E-state index in [1.165, 1.54) is 5.57 Å². The Kier molecular flexibility index (Phi) is 2.04. The molecule has 2 fully saturated rings. The lowest BCUT2D eigenvalue weighted by Gasteiger charge is -2.41. The van der Waals surface area contributed by atoms with Gasteiger partial charge in [0.25, 0.3) is 0 Å². The third kappa shape index (κ3) is 0.879. The van der Waals surface area contributed by atoms with E-state index in [4.69, 9.17) is 0 Å². The number of rotatable bonds is 1. The maximum absolute atomic E-state index is 9.51. The van der Waals surface area contributed by atoms with Crippen molar-refractivity contribution in [2.75, 3.05) is 0 Å². The fourth-order valence-corrected chi connectivity index (χ4v) is 3.61. The van der Waals surface area contributed by atoms with Crippen molar-refractivity contribution in [3.63, 3.8) is 0 Å². The first-order chi connectivity index (χ1) is 6.46. The number of fused-ring (bicyclic) bond motifs is 2. The zero-order valence-corrected chi connectivity index (χ0v) is 9.12. The van der Waals surface area contributed by atoms with Gasteiger partial charge in [-0.3, -0.25) is 10.4 Å². The molecule has 2 aliphatic carbocycles. The van der Waals surface area contributed by atoms with Crippen LogP contribution in [0.25, 0.3) is 0 Å². The Balaban J connectivity index is 2.52. The van der Waals surface area contributed by atoms with Crippen LogP contribution in [-0.2, 0) is 0 Å². The van der Waals surface area contributed by atoms with Crippen molar-refractivity contribution in [3.05, 3.63) is 11.6 Å². The summed E-state index contributed by atoms with van der Waals surface area (Å²) in [4.78, 5) is 0. The van der Waals surface area contributed by atoms with Gasteiger partial charge in [-0.25, -0.2) is 0 Å². The van der Waals surface area contributed by atoms with Gasteiger partial charge in [0.15, 0.2) is 0 Å². The Labute approximate surface area is 84.9 Å². The van der Waals surface area contributed by atoms with E-state index in [-0.39, 0.29) is 5.41 Å². The first-order valence-corrected chi connectivity index (χ1v) is 5.30. The van der Waals surface area contributed by atoms with Gasteiger partial charge in [-0.05, 0) is 43.1 Å². The van der Waals surface area contributed by atoms with E-state index >= 15 is 0 Å². The van der Waals surface area contributed by atoms with Crippen molar-refractivity contribution < 1.29 is 10.4 Å². The highest BCUT2D eigenvalue weighted by molar-refractivity contribution is 5.34. The molecule has 0 aliphatic heterocycles. The van der Waals surface area contributed by atoms with Crippen molar-refractivity contribution in [3.8, 4) is 0 Å². The molecule has 2 unspecified atom stereocenters. The summed E-state index contributed by atoms with van der Waals surface area (Å²) in [6, 6.07) is 0. The van der Waals surface area contributed by atoms with Crippen LogP contribution < -0.4 is 0 Å². The van der Waals surface area contributed by atoms with Gasteiger partial charge >= 0.3 is 0 Å². The van der Waals surface area contributed by atoms with Gasteiger partial charge in [0.05, 0.1) is 5.54 Å². The molecule has 0 saturated heterocycles. The number of nitrogens with zero attached hydrogens (tertiary/aromatic N) is 1. The highest BCUT2D eigenvalue weighted by Gasteiger charge is 2.64. The molecule has 14 heavy (non-hydrogen) atoms. The van der Waals surface area contributed by atoms with Crippen molar-refractivity contribution >= 4 is 0 Å². The van der Waals surface area contributed by atoms with Crippen LogP contribution in [-0.4, -0.2) is 21.2 Å². The predicted octanol–water partition coefficient (Wildman–Crippen LogP) is 2.59. The summed E-state index contributed by atoms with van der Waals surface area (Å²) in [5, 5.41) is 19.5. The van der Waals surface area contributed by atoms with Gasteiger partial charge in [0.1, 0.15) is 0 Å². The lowest BCUT2D eigenvalue weighted by atomic mass is 9.75. The van der Waals surface area contributed by atoms with Gasteiger partial charge in [-0.1, -0.05) is 25.2 Å². The highest BCUT2D eigenvalue weighted by atomic mass is 16.8. The summed E-state index contributed by atoms with van der Waals surface area (Å²) in [7, 11) is 0. The van der Waals surface area contributed by atoms with Gasteiger partial charge in [-0.15, -0.1) is 0 Å². The summed E-state index contributed by atoms with van der Waals surface area (Å²) in [6.07, 6.45) is 5.01. The second kappa shape index (κ2) is 2.81. The molecule has 80 valence electrons. The second-order valence-corrected chi connectivity index (χ2v) is 5.13. The minimum atomic E-state index is -0.521. The average Bonchev–Trinajstić information content (AvgIpc) is 2.51. The van der Waals surface area contributed by atoms with E-state index in [1.807, 2.05) is 13.0 Å². The third-order valence-corrected chi connectivity index (χ3v) is 4.63. The molecule has 2 bridgehead atoms. The first kappa shape index (κ1) is 10.1. The molecular weight excluding hydrogens is 178 g/mol. The molecule has 0 heterocycles. The van der Waals surface area contributed by atoms with E-state index in [0.29, 0.717) is 11.1 Å². The molecule has 0 amide bonds. The molecule has 2 aliphatic rings. The number of hydrogen-bond donors (Lipinski definition) is 2. The van der Waals surface area contributed by atoms with Gasteiger partial charge in [-0.2, -0.15) is 0 Å². The number of allylic oxidation sites excluding steroid dienone is 1. The van der Waals surface area contributed by atoms with Crippen molar-refractivity contribution in [2.45, 2.75) is 45.6 Å². The van der Waals surface area contributed by atoms with Crippen molar-refractivity contribution in [2.24, 2.45) is 11.3 Å². The average molecular weight is 197 g/mol. The Morgan fingerprint density at radius 1 is 1.43 bits per heavy atom. The summed E-state index contributed by atoms with van der Waals surface area (Å²) >= 11 is 0. The van der Waals surface area contributed by atoms with E-state index in [1.54, 1.807) is 0 Å². The van der Waals surface area contributed by atoms with Crippen LogP contribution >= 0.6 is 0 Å². The monoisotopic (exact) mass is 197 g/mol. The van der Waals surface area contributed by atoms with Crippen LogP contribution in [0, 0.1) is 11.3 Å². The highest BCUT2D eigenvalue weighted by Crippen LogP contribution is 2.64. The van der Waals surface area contributed by atoms with Crippen molar-refractivity contribution in [1.82, 2.24) is 5.23 Å². The Morgan fingerprint density at radius 3 is 2.43 bits per heavy atom. The first-order valence-electron chi connectivity index (χ1n) is 5.30. The smallest absolute Gasteiger partial charge is 0.0994 e. The molecule has 0 spiro atoms. The lowest BCUT2D eigenvalue weighted by Crippen LogP contribution is -2.51. The Bertz CT molecular complexity index is 283. The van der Waals surface area contributed by atoms with Crippen LogP contribution in [0.4, 0.5) is 0 Å². The van der Waals surface area contributed by atoms with Gasteiger partial charge in [0.2, 0.25) is 0 Å². The third-order valence-electron chi connectivity index (χ3n) is 4.63. The molecule has 2 saturated carbocycles. The largest absolute Gasteiger partial charge is 0.289 e. The Hall–Kier alpha value is -0.380. The lowest BCUT2D eigenvalue weighted by molar-refractivity contribution is -0.366. The second-order valence-electron chi connectivity index (χ2n) is 5.13. The normalized spacial score (nSPS) is 42.7. The molecular formula is C11H19NO2. The summed E-state index contributed by atoms with van der Waals surface area (Å²) in [5.41, 5.74) is 0.633. The van der Waals surface area contributed by atoms with Crippen molar-refractivity contribution in [1.29, 1.82) is 0 Å². The topological polar surface area (TPSA) is 43.7 Å². The predicted molar refractivity (Wildman–Crippen MR) is 53.0 cm³/mol. The zero-order valence-electron chi connectivity index (χ0n) is 9.12. The van der Waals surface area contributed by atoms with E-state index in [9.17, 15) is 10.4 Å². The van der Waals surface area contributed by atoms with E-state index in [2.05, 4.69) is 13.8 Å². The molecule has 0 aromatic carbocycles. The van der Waals surface area contributed by atoms with E-state index in [0.717, 1.165) is 19.3 Å². The molecule has 3 heteroatoms. The standard InChI is InChI=1S/C11H19NO2/c1-4-8-7-9-5-6-11(8,12(13)14)10(9,2)3/h4,9,13-14H,5-7H2,1-3H3/b8-4-. The van der Waals surface area contributed by atoms with Crippen LogP contribution in [0.5, 0.6) is 0 Å². The summed E-state index contributed by atoms with van der Waals surface area (Å²) in [5.74, 6) is 0.593. The van der Waals surface area contributed by atoms with Crippen LogP contribution in [0.1, 0.15) is 40.0 Å². The molecule has 3 nitrogen and oxygen atoms in total. The molecule has 2 N–H and O–H groups in total. The number of hydrogen-bond acceptors (Lipinski definition) is 3. The van der Waals surface area contributed by atoms with Crippen LogP contribution in [0.15, 0.2) is 11.6 Å². The minimum Gasteiger partial charge on any atom is -0.289 e. The molecule has 2 atom stereocenters. The fraction of sp³-hybridized carbons (Fsp3) is 0.818. The fourth-order valence-electron chi connectivity index (χ4n) is 3.61. The van der Waals surface area contributed by atoms with Gasteiger partial charge < -0.3 is 0 Å². The van der Waals surface area contributed by atoms with Gasteiger partial charge in [0, 0.05) is 0 Å². The Morgan fingerprint density at radius 2 is 2.07 bits per heavy atom. The van der Waals surface area contributed by atoms with Crippen LogP contribution in [0.2, 0.25) is 0 Å². The zero-order chi connectivity index (χ0) is 10.6. The van der Waals surface area contributed by atoms with Crippen LogP contribution in [0.3, 0.4) is 0 Å². The quantitative estimate of drug-likeness (QED) is 0.501. The molecule has 0 aromatic rings. The maximum Gasteiger partial charge on any atom is 0.0994 e. The summed E-state index contributed by atoms with van der Waals surface area (Å²) < 4.78 is 0. The summed E-state index contributed by atoms with van der Waals surface area (Å²) in [6.45, 7) is 6.26.